The molecular weight excluding hydrogens is 384 g/mol. The van der Waals surface area contributed by atoms with E-state index in [2.05, 4.69) is 31.1 Å². The lowest BCUT2D eigenvalue weighted by atomic mass is 10.1. The second-order valence-electron chi connectivity index (χ2n) is 6.70. The van der Waals surface area contributed by atoms with Crippen molar-refractivity contribution in [3.8, 4) is 23.0 Å². The SMILES string of the molecule is Cc1ncc(N2CC=C(c3nccs3)CC2)nc1-c1nnc(-c2ccccc2)o1.[HH]. The Bertz CT molecular complexity index is 1160. The summed E-state index contributed by atoms with van der Waals surface area (Å²) in [5, 5.41) is 11.5. The van der Waals surface area contributed by atoms with Gasteiger partial charge in [-0.2, -0.15) is 0 Å². The Morgan fingerprint density at radius 2 is 1.97 bits per heavy atom. The lowest BCUT2D eigenvalue weighted by molar-refractivity contribution is 0.581. The van der Waals surface area contributed by atoms with Crippen LogP contribution in [0.5, 0.6) is 0 Å². The van der Waals surface area contributed by atoms with Gasteiger partial charge in [-0.15, -0.1) is 21.5 Å². The van der Waals surface area contributed by atoms with Crippen molar-refractivity contribution < 1.29 is 5.84 Å². The summed E-state index contributed by atoms with van der Waals surface area (Å²) in [6.45, 7) is 3.53. The lowest BCUT2D eigenvalue weighted by Crippen LogP contribution is -2.29. The Kier molecular flexibility index (Phi) is 4.61. The molecule has 0 aliphatic carbocycles. The topological polar surface area (TPSA) is 80.8 Å². The molecule has 0 saturated carbocycles. The van der Waals surface area contributed by atoms with Crippen molar-refractivity contribution in [2.75, 3.05) is 18.0 Å². The zero-order valence-electron chi connectivity index (χ0n) is 15.8. The van der Waals surface area contributed by atoms with Crippen molar-refractivity contribution in [1.29, 1.82) is 0 Å². The Morgan fingerprint density at radius 3 is 2.72 bits per heavy atom. The highest BCUT2D eigenvalue weighted by atomic mass is 32.1. The molecule has 0 radical (unpaired) electrons. The van der Waals surface area contributed by atoms with Crippen molar-refractivity contribution in [1.82, 2.24) is 25.1 Å². The van der Waals surface area contributed by atoms with Crippen LogP contribution >= 0.6 is 11.3 Å². The van der Waals surface area contributed by atoms with Gasteiger partial charge in [0.05, 0.1) is 11.9 Å². The average molecular weight is 404 g/mol. The largest absolute Gasteiger partial charge is 0.415 e. The van der Waals surface area contributed by atoms with Crippen LogP contribution in [0.15, 0.2) is 58.6 Å². The quantitative estimate of drug-likeness (QED) is 0.495. The van der Waals surface area contributed by atoms with Crippen LogP contribution in [0.4, 0.5) is 5.82 Å². The van der Waals surface area contributed by atoms with E-state index in [1.165, 1.54) is 5.57 Å². The maximum absolute atomic E-state index is 5.88. The third-order valence-corrected chi connectivity index (χ3v) is 5.68. The normalized spacial score (nSPS) is 14.1. The number of rotatable bonds is 4. The van der Waals surface area contributed by atoms with Gasteiger partial charge < -0.3 is 9.32 Å². The summed E-state index contributed by atoms with van der Waals surface area (Å²) in [4.78, 5) is 15.9. The van der Waals surface area contributed by atoms with Crippen LogP contribution in [0.3, 0.4) is 0 Å². The van der Waals surface area contributed by atoms with Gasteiger partial charge in [-0.3, -0.25) is 4.98 Å². The molecule has 1 aliphatic heterocycles. The molecule has 0 spiro atoms. The van der Waals surface area contributed by atoms with Crippen LogP contribution in [-0.4, -0.2) is 38.2 Å². The molecule has 0 bridgehead atoms. The molecule has 7 nitrogen and oxygen atoms in total. The van der Waals surface area contributed by atoms with E-state index in [0.717, 1.165) is 41.6 Å². The number of anilines is 1. The van der Waals surface area contributed by atoms with Crippen LogP contribution in [0.25, 0.3) is 28.6 Å². The summed E-state index contributed by atoms with van der Waals surface area (Å²) in [6, 6.07) is 9.70. The maximum atomic E-state index is 5.88. The van der Waals surface area contributed by atoms with Gasteiger partial charge >= 0.3 is 0 Å². The molecule has 0 saturated heterocycles. The lowest BCUT2D eigenvalue weighted by Gasteiger charge is -2.26. The summed E-state index contributed by atoms with van der Waals surface area (Å²) in [5.74, 6) is 1.66. The highest BCUT2D eigenvalue weighted by Gasteiger charge is 2.20. The Balaban J connectivity index is 0.00000218. The first-order valence-corrected chi connectivity index (χ1v) is 10.2. The first kappa shape index (κ1) is 17.7. The molecule has 29 heavy (non-hydrogen) atoms. The molecular formula is C21H20N6OS. The molecule has 146 valence electrons. The van der Waals surface area contributed by atoms with Gasteiger partial charge in [0.1, 0.15) is 10.8 Å². The van der Waals surface area contributed by atoms with E-state index in [-0.39, 0.29) is 1.43 Å². The predicted molar refractivity (Wildman–Crippen MR) is 115 cm³/mol. The smallest absolute Gasteiger partial charge is 0.268 e. The Labute approximate surface area is 173 Å². The summed E-state index contributed by atoms with van der Waals surface area (Å²) >= 11 is 1.68. The number of aromatic nitrogens is 5. The standard InChI is InChI=1S/C21H18N6OS.H2/c1-14-18(20-26-25-19(28-20)15-5-3-2-4-6-15)24-17(13-23-14)27-10-7-16(8-11-27)21-22-9-12-29-21;/h2-7,9,12-13H,8,10-11H2,1H3;1H. The summed E-state index contributed by atoms with van der Waals surface area (Å²) in [5.41, 5.74) is 3.55. The second-order valence-corrected chi connectivity index (χ2v) is 7.60. The van der Waals surface area contributed by atoms with Gasteiger partial charge in [0, 0.05) is 31.7 Å². The van der Waals surface area contributed by atoms with Gasteiger partial charge in [-0.25, -0.2) is 9.97 Å². The molecule has 3 aromatic heterocycles. The first-order chi connectivity index (χ1) is 14.3. The highest BCUT2D eigenvalue weighted by molar-refractivity contribution is 7.10. The van der Waals surface area contributed by atoms with E-state index in [1.54, 1.807) is 17.5 Å². The minimum Gasteiger partial charge on any atom is -0.415 e. The minimum atomic E-state index is 0. The number of thiazole rings is 1. The van der Waals surface area contributed by atoms with Crippen LogP contribution in [0.1, 0.15) is 18.5 Å². The van der Waals surface area contributed by atoms with E-state index in [0.29, 0.717) is 17.5 Å². The van der Waals surface area contributed by atoms with E-state index in [1.807, 2.05) is 48.8 Å². The predicted octanol–water partition coefficient (Wildman–Crippen LogP) is 4.50. The summed E-state index contributed by atoms with van der Waals surface area (Å²) in [7, 11) is 0. The van der Waals surface area contributed by atoms with E-state index in [9.17, 15) is 0 Å². The maximum Gasteiger partial charge on any atom is 0.268 e. The molecule has 8 heteroatoms. The molecule has 1 aromatic carbocycles. The third kappa shape index (κ3) is 3.54. The fourth-order valence-electron chi connectivity index (χ4n) is 3.26. The van der Waals surface area contributed by atoms with Crippen molar-refractivity contribution >= 4 is 22.7 Å². The second kappa shape index (κ2) is 7.56. The summed E-state index contributed by atoms with van der Waals surface area (Å²) in [6.07, 6.45) is 6.79. The molecule has 4 heterocycles. The van der Waals surface area contributed by atoms with E-state index < -0.39 is 0 Å². The van der Waals surface area contributed by atoms with E-state index >= 15 is 0 Å². The third-order valence-electron chi connectivity index (χ3n) is 4.83. The van der Waals surface area contributed by atoms with Gasteiger partial charge in [0.25, 0.3) is 5.89 Å². The number of hydrogen-bond donors (Lipinski definition) is 0. The number of nitrogens with zero attached hydrogens (tertiary/aromatic N) is 6. The van der Waals surface area contributed by atoms with Gasteiger partial charge in [-0.1, -0.05) is 24.3 Å². The van der Waals surface area contributed by atoms with Crippen LogP contribution in [0, 0.1) is 6.92 Å². The molecule has 1 aliphatic rings. The minimum absolute atomic E-state index is 0. The zero-order chi connectivity index (χ0) is 19.6. The van der Waals surface area contributed by atoms with Gasteiger partial charge in [0.15, 0.2) is 5.69 Å². The van der Waals surface area contributed by atoms with Gasteiger partial charge in [0.2, 0.25) is 5.89 Å². The summed E-state index contributed by atoms with van der Waals surface area (Å²) < 4.78 is 5.88. The van der Waals surface area contributed by atoms with Crippen molar-refractivity contribution in [2.24, 2.45) is 0 Å². The molecule has 0 unspecified atom stereocenters. The number of hydrogen-bond acceptors (Lipinski definition) is 8. The van der Waals surface area contributed by atoms with Crippen molar-refractivity contribution in [3.63, 3.8) is 0 Å². The fraction of sp³-hybridized carbons (Fsp3) is 0.190. The fourth-order valence-corrected chi connectivity index (χ4v) is 3.97. The Morgan fingerprint density at radius 1 is 1.10 bits per heavy atom. The highest BCUT2D eigenvalue weighted by Crippen LogP contribution is 2.28. The molecule has 0 amide bonds. The number of benzene rings is 1. The van der Waals surface area contributed by atoms with Crippen LogP contribution in [0.2, 0.25) is 0 Å². The molecule has 0 fully saturated rings. The average Bonchev–Trinajstić information content (AvgIpc) is 3.48. The van der Waals surface area contributed by atoms with E-state index in [4.69, 9.17) is 9.40 Å². The van der Waals surface area contributed by atoms with Crippen molar-refractivity contribution in [3.05, 3.63) is 64.9 Å². The zero-order valence-corrected chi connectivity index (χ0v) is 16.6. The van der Waals surface area contributed by atoms with Crippen LogP contribution < -0.4 is 4.90 Å². The molecule has 5 rings (SSSR count). The first-order valence-electron chi connectivity index (χ1n) is 9.35. The molecule has 0 N–H and O–H groups in total. The monoisotopic (exact) mass is 404 g/mol. The molecule has 4 aromatic rings. The van der Waals surface area contributed by atoms with Gasteiger partial charge in [-0.05, 0) is 31.1 Å². The van der Waals surface area contributed by atoms with Crippen molar-refractivity contribution in [2.45, 2.75) is 13.3 Å². The number of aryl methyl sites for hydroxylation is 1. The Hall–Kier alpha value is -3.39. The van der Waals surface area contributed by atoms with Crippen LogP contribution in [-0.2, 0) is 0 Å². The molecule has 0 atom stereocenters.